The summed E-state index contributed by atoms with van der Waals surface area (Å²) in [5, 5.41) is 11.0. The number of aromatic nitrogens is 3. The fraction of sp³-hybridized carbons (Fsp3) is 0.250. The highest BCUT2D eigenvalue weighted by Gasteiger charge is 2.29. The normalized spacial score (nSPS) is 11.4. The molecule has 11 heteroatoms. The van der Waals surface area contributed by atoms with Gasteiger partial charge in [0.05, 0.1) is 12.1 Å². The summed E-state index contributed by atoms with van der Waals surface area (Å²) in [5.41, 5.74) is 1.25. The molecule has 3 rings (SSSR count). The number of halogens is 4. The molecule has 0 radical (unpaired) electrons. The molecule has 0 aliphatic heterocycles. The summed E-state index contributed by atoms with van der Waals surface area (Å²) in [6.07, 6.45) is -5.74. The van der Waals surface area contributed by atoms with Gasteiger partial charge >= 0.3 is 12.3 Å². The first-order valence-corrected chi connectivity index (χ1v) is 10.1. The van der Waals surface area contributed by atoms with Gasteiger partial charge in [-0.3, -0.25) is 4.57 Å². The van der Waals surface area contributed by atoms with E-state index in [2.05, 4.69) is 20.3 Å². The number of hydrogen-bond acceptors (Lipinski definition) is 5. The number of hydrogen-bond donors (Lipinski definition) is 1. The van der Waals surface area contributed by atoms with Crippen LogP contribution in [0.4, 0.5) is 22.4 Å². The van der Waals surface area contributed by atoms with Crippen LogP contribution in [0.15, 0.2) is 59.8 Å². The Bertz CT molecular complexity index is 1010. The summed E-state index contributed by atoms with van der Waals surface area (Å²) in [7, 11) is 0. The average Bonchev–Trinajstić information content (AvgIpc) is 3.12. The Kier molecular flexibility index (Phi) is 7.50. The molecular formula is C20H18F4N4O2S. The highest BCUT2D eigenvalue weighted by molar-refractivity contribution is 7.99. The number of benzene rings is 2. The van der Waals surface area contributed by atoms with Crippen molar-refractivity contribution in [2.75, 3.05) is 18.9 Å². The van der Waals surface area contributed by atoms with Crippen LogP contribution < -0.4 is 5.32 Å². The number of nitrogens with one attached hydrogen (secondary N) is 1. The molecule has 1 amide bonds. The van der Waals surface area contributed by atoms with Gasteiger partial charge in [0.15, 0.2) is 17.6 Å². The molecule has 6 nitrogen and oxygen atoms in total. The highest BCUT2D eigenvalue weighted by atomic mass is 32.2. The number of amides is 1. The summed E-state index contributed by atoms with van der Waals surface area (Å²) in [6.45, 7) is -1.21. The van der Waals surface area contributed by atoms with E-state index in [9.17, 15) is 22.4 Å². The van der Waals surface area contributed by atoms with Crippen LogP contribution in [0.1, 0.15) is 5.56 Å². The Morgan fingerprint density at radius 2 is 1.77 bits per heavy atom. The Labute approximate surface area is 179 Å². The standard InChI is InChI=1S/C20H18F4N4O2S/c21-16-9-5-4-8-15(16)17-26-27-18(28(17)12-14-6-2-1-3-7-14)31-11-10-25-19(29)30-13-20(22,23)24/h1-9H,10-13H2,(H,25,29). The largest absolute Gasteiger partial charge is 0.440 e. The number of alkyl halides is 3. The second-order valence-electron chi connectivity index (χ2n) is 6.32. The van der Waals surface area contributed by atoms with Crippen LogP contribution in [-0.4, -0.2) is 45.9 Å². The smallest absolute Gasteiger partial charge is 0.422 e. The van der Waals surface area contributed by atoms with E-state index in [1.807, 2.05) is 30.3 Å². The van der Waals surface area contributed by atoms with Crippen molar-refractivity contribution in [1.29, 1.82) is 0 Å². The number of alkyl carbamates (subject to hydrolysis) is 1. The molecule has 164 valence electrons. The Balaban J connectivity index is 1.69. The van der Waals surface area contributed by atoms with Gasteiger partial charge in [-0.25, -0.2) is 9.18 Å². The molecule has 0 bridgehead atoms. The summed E-state index contributed by atoms with van der Waals surface area (Å²) in [5.74, 6) is 0.211. The second kappa shape index (κ2) is 10.3. The van der Waals surface area contributed by atoms with Crippen LogP contribution >= 0.6 is 11.8 Å². The number of carbonyl (C=O) groups is 1. The van der Waals surface area contributed by atoms with Crippen molar-refractivity contribution < 1.29 is 27.1 Å². The minimum absolute atomic E-state index is 0.0502. The monoisotopic (exact) mass is 454 g/mol. The third-order valence-corrected chi connectivity index (χ3v) is 4.95. The molecule has 0 aliphatic carbocycles. The molecule has 1 aromatic heterocycles. The second-order valence-corrected chi connectivity index (χ2v) is 7.39. The fourth-order valence-corrected chi connectivity index (χ4v) is 3.43. The van der Waals surface area contributed by atoms with E-state index < -0.39 is 24.7 Å². The maximum absolute atomic E-state index is 14.3. The van der Waals surface area contributed by atoms with Gasteiger partial charge in [-0.15, -0.1) is 10.2 Å². The van der Waals surface area contributed by atoms with E-state index in [1.165, 1.54) is 17.8 Å². The van der Waals surface area contributed by atoms with Gasteiger partial charge in [-0.05, 0) is 17.7 Å². The Morgan fingerprint density at radius 1 is 1.06 bits per heavy atom. The molecule has 3 aromatic rings. The maximum atomic E-state index is 14.3. The molecule has 2 aromatic carbocycles. The van der Waals surface area contributed by atoms with E-state index in [0.29, 0.717) is 28.8 Å². The number of ether oxygens (including phenoxy) is 1. The first-order valence-electron chi connectivity index (χ1n) is 9.16. The van der Waals surface area contributed by atoms with Gasteiger partial charge in [0, 0.05) is 12.3 Å². The van der Waals surface area contributed by atoms with E-state index in [0.717, 1.165) is 5.56 Å². The molecule has 31 heavy (non-hydrogen) atoms. The minimum Gasteiger partial charge on any atom is -0.440 e. The first-order chi connectivity index (χ1) is 14.8. The SMILES string of the molecule is O=C(NCCSc1nnc(-c2ccccc2F)n1Cc1ccccc1)OCC(F)(F)F. The number of nitrogens with zero attached hydrogens (tertiary/aromatic N) is 3. The highest BCUT2D eigenvalue weighted by Crippen LogP contribution is 2.26. The predicted octanol–water partition coefficient (Wildman–Crippen LogP) is 4.51. The molecule has 1 heterocycles. The van der Waals surface area contributed by atoms with Gasteiger partial charge in [-0.1, -0.05) is 54.2 Å². The van der Waals surface area contributed by atoms with Crippen LogP contribution in [-0.2, 0) is 11.3 Å². The molecule has 1 N–H and O–H groups in total. The zero-order chi connectivity index (χ0) is 22.3. The van der Waals surface area contributed by atoms with Crippen molar-refractivity contribution in [2.24, 2.45) is 0 Å². The zero-order valence-corrected chi connectivity index (χ0v) is 16.9. The lowest BCUT2D eigenvalue weighted by Gasteiger charge is -2.11. The Morgan fingerprint density at radius 3 is 2.48 bits per heavy atom. The summed E-state index contributed by atoms with van der Waals surface area (Å²) >= 11 is 1.23. The first kappa shape index (κ1) is 22.6. The van der Waals surface area contributed by atoms with Gasteiger partial charge < -0.3 is 10.1 Å². The summed E-state index contributed by atoms with van der Waals surface area (Å²) in [6, 6.07) is 15.7. The lowest BCUT2D eigenvalue weighted by Crippen LogP contribution is -2.30. The average molecular weight is 454 g/mol. The summed E-state index contributed by atoms with van der Waals surface area (Å²) in [4.78, 5) is 11.3. The topological polar surface area (TPSA) is 69.0 Å². The van der Waals surface area contributed by atoms with Crippen molar-refractivity contribution >= 4 is 17.9 Å². The fourth-order valence-electron chi connectivity index (χ4n) is 2.64. The number of rotatable bonds is 8. The molecule has 0 unspecified atom stereocenters. The molecular weight excluding hydrogens is 436 g/mol. The molecule has 0 atom stereocenters. The Hall–Kier alpha value is -3.08. The van der Waals surface area contributed by atoms with Crippen molar-refractivity contribution in [3.63, 3.8) is 0 Å². The third-order valence-electron chi connectivity index (χ3n) is 3.98. The van der Waals surface area contributed by atoms with Crippen molar-refractivity contribution in [3.8, 4) is 11.4 Å². The molecule has 0 aliphatic rings. The number of thioether (sulfide) groups is 1. The van der Waals surface area contributed by atoms with E-state index in [-0.39, 0.29) is 6.54 Å². The van der Waals surface area contributed by atoms with E-state index >= 15 is 0 Å². The van der Waals surface area contributed by atoms with Crippen molar-refractivity contribution in [3.05, 3.63) is 66.0 Å². The molecule has 0 spiro atoms. The van der Waals surface area contributed by atoms with Crippen LogP contribution in [0.3, 0.4) is 0 Å². The van der Waals surface area contributed by atoms with Gasteiger partial charge in [-0.2, -0.15) is 13.2 Å². The quantitative estimate of drug-likeness (QED) is 0.308. The van der Waals surface area contributed by atoms with Gasteiger partial charge in [0.25, 0.3) is 0 Å². The third kappa shape index (κ3) is 6.71. The molecule has 0 saturated heterocycles. The van der Waals surface area contributed by atoms with Crippen LogP contribution in [0.5, 0.6) is 0 Å². The lowest BCUT2D eigenvalue weighted by molar-refractivity contribution is -0.160. The number of carbonyl (C=O) groups excluding carboxylic acids is 1. The van der Waals surface area contributed by atoms with Gasteiger partial charge in [0.1, 0.15) is 5.82 Å². The van der Waals surface area contributed by atoms with Crippen LogP contribution in [0.25, 0.3) is 11.4 Å². The maximum Gasteiger partial charge on any atom is 0.422 e. The lowest BCUT2D eigenvalue weighted by atomic mass is 10.2. The van der Waals surface area contributed by atoms with E-state index in [4.69, 9.17) is 0 Å². The van der Waals surface area contributed by atoms with Crippen LogP contribution in [0.2, 0.25) is 0 Å². The molecule has 0 saturated carbocycles. The van der Waals surface area contributed by atoms with Crippen molar-refractivity contribution in [1.82, 2.24) is 20.1 Å². The zero-order valence-electron chi connectivity index (χ0n) is 16.1. The minimum atomic E-state index is -4.58. The molecule has 0 fully saturated rings. The summed E-state index contributed by atoms with van der Waals surface area (Å²) < 4.78 is 56.4. The van der Waals surface area contributed by atoms with Crippen LogP contribution in [0, 0.1) is 5.82 Å². The van der Waals surface area contributed by atoms with E-state index in [1.54, 1.807) is 22.8 Å². The predicted molar refractivity (Wildman–Crippen MR) is 107 cm³/mol. The van der Waals surface area contributed by atoms with Crippen molar-refractivity contribution in [2.45, 2.75) is 17.9 Å². The van der Waals surface area contributed by atoms with Gasteiger partial charge in [0.2, 0.25) is 0 Å².